The minimum absolute atomic E-state index is 0.767. The van der Waals surface area contributed by atoms with Gasteiger partial charge in [0.15, 0.2) is 0 Å². The molecule has 0 saturated heterocycles. The third kappa shape index (κ3) is 3.25. The Labute approximate surface area is 151 Å². The van der Waals surface area contributed by atoms with Crippen molar-refractivity contribution in [3.8, 4) is 0 Å². The van der Waals surface area contributed by atoms with Crippen molar-refractivity contribution < 1.29 is 0 Å². The summed E-state index contributed by atoms with van der Waals surface area (Å²) >= 11 is 12.1. The normalized spacial score (nSPS) is 14.8. The van der Waals surface area contributed by atoms with E-state index in [0.717, 1.165) is 48.3 Å². The predicted octanol–water partition coefficient (Wildman–Crippen LogP) is 4.94. The molecule has 3 aromatic rings. The maximum atomic E-state index is 6.14. The van der Waals surface area contributed by atoms with Crippen LogP contribution in [0.15, 0.2) is 42.5 Å². The summed E-state index contributed by atoms with van der Waals surface area (Å²) in [6, 6.07) is 13.9. The lowest BCUT2D eigenvalue weighted by Crippen LogP contribution is -2.34. The van der Waals surface area contributed by atoms with Gasteiger partial charge in [-0.3, -0.25) is 4.90 Å². The summed E-state index contributed by atoms with van der Waals surface area (Å²) in [7, 11) is 0. The van der Waals surface area contributed by atoms with Crippen molar-refractivity contribution >= 4 is 39.8 Å². The number of halogens is 2. The molecular weight excluding hydrogens is 341 g/mol. The number of aromatic amines is 1. The van der Waals surface area contributed by atoms with Gasteiger partial charge in [0.1, 0.15) is 0 Å². The molecule has 0 spiro atoms. The van der Waals surface area contributed by atoms with E-state index in [9.17, 15) is 0 Å². The molecular formula is C19H19Cl2N3. The van der Waals surface area contributed by atoms with E-state index in [1.165, 1.54) is 22.2 Å². The largest absolute Gasteiger partial charge is 0.384 e. The van der Waals surface area contributed by atoms with Gasteiger partial charge in [0, 0.05) is 58.5 Å². The number of hydrogen-bond donors (Lipinski definition) is 2. The van der Waals surface area contributed by atoms with Gasteiger partial charge < -0.3 is 10.3 Å². The fraction of sp³-hybridized carbons (Fsp3) is 0.263. The maximum Gasteiger partial charge on any atom is 0.0460 e. The topological polar surface area (TPSA) is 31.1 Å². The van der Waals surface area contributed by atoms with Gasteiger partial charge in [0.2, 0.25) is 0 Å². The van der Waals surface area contributed by atoms with Crippen LogP contribution < -0.4 is 5.32 Å². The third-order valence-electron chi connectivity index (χ3n) is 4.62. The molecule has 0 aliphatic carbocycles. The average Bonchev–Trinajstić information content (AvgIpc) is 2.94. The Morgan fingerprint density at radius 1 is 1.04 bits per heavy atom. The first kappa shape index (κ1) is 15.8. The van der Waals surface area contributed by atoms with Crippen molar-refractivity contribution in [2.45, 2.75) is 13.0 Å². The molecule has 4 rings (SSSR count). The molecule has 1 aliphatic rings. The van der Waals surface area contributed by atoms with Crippen molar-refractivity contribution in [2.75, 3.05) is 25.0 Å². The van der Waals surface area contributed by atoms with E-state index in [-0.39, 0.29) is 0 Å². The molecule has 3 nitrogen and oxygen atoms in total. The summed E-state index contributed by atoms with van der Waals surface area (Å²) in [6.07, 6.45) is 1.07. The monoisotopic (exact) mass is 359 g/mol. The molecule has 1 aliphatic heterocycles. The lowest BCUT2D eigenvalue weighted by Gasteiger charge is -2.27. The molecule has 2 N–H and O–H groups in total. The number of anilines is 1. The highest BCUT2D eigenvalue weighted by Crippen LogP contribution is 2.29. The zero-order valence-corrected chi connectivity index (χ0v) is 14.8. The number of aromatic nitrogens is 1. The maximum absolute atomic E-state index is 6.14. The first-order chi connectivity index (χ1) is 11.7. The van der Waals surface area contributed by atoms with E-state index in [1.54, 1.807) is 0 Å². The summed E-state index contributed by atoms with van der Waals surface area (Å²) in [4.78, 5) is 6.03. The molecule has 0 amide bonds. The van der Waals surface area contributed by atoms with Crippen LogP contribution in [0.4, 0.5) is 5.69 Å². The highest BCUT2D eigenvalue weighted by Gasteiger charge is 2.20. The van der Waals surface area contributed by atoms with Gasteiger partial charge in [0.05, 0.1) is 0 Å². The van der Waals surface area contributed by atoms with Crippen LogP contribution in [0.25, 0.3) is 10.9 Å². The molecule has 0 fully saturated rings. The second kappa shape index (κ2) is 6.67. The van der Waals surface area contributed by atoms with Gasteiger partial charge in [-0.1, -0.05) is 23.2 Å². The fourth-order valence-corrected chi connectivity index (χ4v) is 3.68. The van der Waals surface area contributed by atoms with E-state index in [2.05, 4.69) is 27.3 Å². The number of H-pyrrole nitrogens is 1. The Morgan fingerprint density at radius 2 is 1.83 bits per heavy atom. The van der Waals surface area contributed by atoms with Crippen molar-refractivity contribution in [1.82, 2.24) is 9.88 Å². The number of nitrogens with one attached hydrogen (secondary N) is 2. The van der Waals surface area contributed by atoms with Crippen LogP contribution in [-0.2, 0) is 13.0 Å². The fourth-order valence-electron chi connectivity index (χ4n) is 3.39. The molecule has 0 atom stereocenters. The molecule has 24 heavy (non-hydrogen) atoms. The highest BCUT2D eigenvalue weighted by atomic mass is 35.5. The van der Waals surface area contributed by atoms with Crippen LogP contribution in [0.5, 0.6) is 0 Å². The number of benzene rings is 2. The van der Waals surface area contributed by atoms with Crippen LogP contribution in [0, 0.1) is 0 Å². The molecule has 124 valence electrons. The number of nitrogens with zero attached hydrogens (tertiary/aromatic N) is 1. The second-order valence-electron chi connectivity index (χ2n) is 6.23. The Kier molecular flexibility index (Phi) is 4.40. The average molecular weight is 360 g/mol. The molecule has 2 aromatic carbocycles. The smallest absolute Gasteiger partial charge is 0.0460 e. The van der Waals surface area contributed by atoms with E-state index < -0.39 is 0 Å². The highest BCUT2D eigenvalue weighted by molar-refractivity contribution is 6.31. The molecule has 0 saturated carbocycles. The summed E-state index contributed by atoms with van der Waals surface area (Å²) < 4.78 is 0. The second-order valence-corrected chi connectivity index (χ2v) is 7.10. The van der Waals surface area contributed by atoms with Crippen molar-refractivity contribution in [3.05, 3.63) is 63.8 Å². The lowest BCUT2D eigenvalue weighted by atomic mass is 10.0. The van der Waals surface area contributed by atoms with Gasteiger partial charge in [-0.05, 0) is 54.4 Å². The summed E-state index contributed by atoms with van der Waals surface area (Å²) in [6.45, 7) is 3.97. The van der Waals surface area contributed by atoms with Crippen LogP contribution in [0.3, 0.4) is 0 Å². The minimum Gasteiger partial charge on any atom is -0.384 e. The van der Waals surface area contributed by atoms with Crippen LogP contribution in [0.2, 0.25) is 10.0 Å². The van der Waals surface area contributed by atoms with Gasteiger partial charge in [-0.15, -0.1) is 0 Å². The molecule has 2 heterocycles. The Bertz CT molecular complexity index is 855. The first-order valence-corrected chi connectivity index (χ1v) is 8.95. The first-order valence-electron chi connectivity index (χ1n) is 8.20. The summed E-state index contributed by atoms with van der Waals surface area (Å²) in [5, 5.41) is 6.29. The van der Waals surface area contributed by atoms with Gasteiger partial charge in [-0.2, -0.15) is 0 Å². The van der Waals surface area contributed by atoms with Crippen LogP contribution in [0.1, 0.15) is 11.3 Å². The van der Waals surface area contributed by atoms with Crippen molar-refractivity contribution in [2.24, 2.45) is 0 Å². The molecule has 5 heteroatoms. The van der Waals surface area contributed by atoms with Gasteiger partial charge in [-0.25, -0.2) is 0 Å². The summed E-state index contributed by atoms with van der Waals surface area (Å²) in [5.41, 5.74) is 5.04. The number of rotatable bonds is 4. The van der Waals surface area contributed by atoms with E-state index in [1.807, 2.05) is 30.3 Å². The quantitative estimate of drug-likeness (QED) is 0.690. The number of fused-ring (bicyclic) bond motifs is 3. The van der Waals surface area contributed by atoms with Crippen LogP contribution >= 0.6 is 23.2 Å². The number of hydrogen-bond acceptors (Lipinski definition) is 2. The standard InChI is InChI=1S/C19H19Cl2N3/c20-13-1-4-15(5-2-13)22-8-10-24-9-7-16-17-11-14(21)3-6-18(17)23-19(16)12-24/h1-6,11,22-23H,7-10,12H2. The van der Waals surface area contributed by atoms with Crippen molar-refractivity contribution in [1.29, 1.82) is 0 Å². The van der Waals surface area contributed by atoms with E-state index >= 15 is 0 Å². The predicted molar refractivity (Wildman–Crippen MR) is 102 cm³/mol. The van der Waals surface area contributed by atoms with Crippen LogP contribution in [-0.4, -0.2) is 29.5 Å². The zero-order chi connectivity index (χ0) is 16.5. The Balaban J connectivity index is 1.39. The van der Waals surface area contributed by atoms with Crippen molar-refractivity contribution in [3.63, 3.8) is 0 Å². The SMILES string of the molecule is Clc1ccc(NCCN2CCc3c([nH]c4ccc(Cl)cc34)C2)cc1. The Hall–Kier alpha value is -1.68. The summed E-state index contributed by atoms with van der Waals surface area (Å²) in [5.74, 6) is 0. The van der Waals surface area contributed by atoms with E-state index in [0.29, 0.717) is 0 Å². The zero-order valence-electron chi connectivity index (χ0n) is 13.3. The Morgan fingerprint density at radius 3 is 2.67 bits per heavy atom. The third-order valence-corrected chi connectivity index (χ3v) is 5.10. The lowest BCUT2D eigenvalue weighted by molar-refractivity contribution is 0.262. The molecule has 0 bridgehead atoms. The van der Waals surface area contributed by atoms with Gasteiger partial charge in [0.25, 0.3) is 0 Å². The minimum atomic E-state index is 0.767. The molecule has 0 unspecified atom stereocenters. The van der Waals surface area contributed by atoms with E-state index in [4.69, 9.17) is 23.2 Å². The molecule has 0 radical (unpaired) electrons. The van der Waals surface area contributed by atoms with Gasteiger partial charge >= 0.3 is 0 Å². The molecule has 1 aromatic heterocycles.